The molecule has 0 fully saturated rings. The molecule has 0 aromatic heterocycles. The topological polar surface area (TPSA) is 38.0 Å². The molecule has 0 heterocycles. The largest absolute Gasteiger partial charge is 0.271 e. The van der Waals surface area contributed by atoms with Gasteiger partial charge in [0.15, 0.2) is 0 Å². The van der Waals surface area contributed by atoms with Crippen LogP contribution in [0.1, 0.15) is 48.1 Å². The minimum Gasteiger partial charge on any atom is -0.271 e. The molecule has 21 heavy (non-hydrogen) atoms. The van der Waals surface area contributed by atoms with Crippen molar-refractivity contribution in [3.8, 4) is 0 Å². The van der Waals surface area contributed by atoms with Gasteiger partial charge in [-0.05, 0) is 53.6 Å². The van der Waals surface area contributed by atoms with E-state index >= 15 is 0 Å². The van der Waals surface area contributed by atoms with E-state index in [0.29, 0.717) is 5.92 Å². The Kier molecular flexibility index (Phi) is 5.10. The van der Waals surface area contributed by atoms with Gasteiger partial charge in [-0.3, -0.25) is 11.3 Å². The van der Waals surface area contributed by atoms with Gasteiger partial charge >= 0.3 is 0 Å². The summed E-state index contributed by atoms with van der Waals surface area (Å²) in [6.45, 7) is 6.27. The number of nitrogens with two attached hydrogens (primary N) is 1. The third kappa shape index (κ3) is 3.90. The van der Waals surface area contributed by atoms with Gasteiger partial charge in [0.2, 0.25) is 0 Å². The minimum atomic E-state index is -0.215. The molecular formula is C18H23FN2. The molecular weight excluding hydrogens is 263 g/mol. The van der Waals surface area contributed by atoms with Crippen molar-refractivity contribution in [3.63, 3.8) is 0 Å². The highest BCUT2D eigenvalue weighted by atomic mass is 19.1. The van der Waals surface area contributed by atoms with Gasteiger partial charge in [-0.2, -0.15) is 0 Å². The molecule has 0 saturated heterocycles. The lowest BCUT2D eigenvalue weighted by Gasteiger charge is -2.19. The van der Waals surface area contributed by atoms with Crippen molar-refractivity contribution in [1.29, 1.82) is 0 Å². The van der Waals surface area contributed by atoms with Crippen LogP contribution in [0.2, 0.25) is 0 Å². The number of hydrogen-bond acceptors (Lipinski definition) is 2. The Balaban J connectivity index is 2.18. The average Bonchev–Trinajstić information content (AvgIpc) is 2.46. The van der Waals surface area contributed by atoms with Gasteiger partial charge in [0.1, 0.15) is 5.82 Å². The van der Waals surface area contributed by atoms with Crippen LogP contribution in [-0.4, -0.2) is 0 Å². The maximum atomic E-state index is 13.2. The highest BCUT2D eigenvalue weighted by Gasteiger charge is 2.13. The first-order valence-electron chi connectivity index (χ1n) is 7.32. The van der Waals surface area contributed by atoms with Crippen LogP contribution in [-0.2, 0) is 6.42 Å². The van der Waals surface area contributed by atoms with E-state index in [1.165, 1.54) is 17.2 Å². The highest BCUT2D eigenvalue weighted by Crippen LogP contribution is 2.23. The van der Waals surface area contributed by atoms with Crippen molar-refractivity contribution >= 4 is 0 Å². The van der Waals surface area contributed by atoms with Gasteiger partial charge in [0, 0.05) is 0 Å². The summed E-state index contributed by atoms with van der Waals surface area (Å²) in [6.07, 6.45) is 0.779. The normalized spacial score (nSPS) is 12.7. The van der Waals surface area contributed by atoms with Gasteiger partial charge in [-0.1, -0.05) is 44.2 Å². The zero-order chi connectivity index (χ0) is 15.4. The number of hydrogen-bond donors (Lipinski definition) is 2. The van der Waals surface area contributed by atoms with Crippen molar-refractivity contribution in [3.05, 3.63) is 70.5 Å². The zero-order valence-electron chi connectivity index (χ0n) is 12.9. The predicted molar refractivity (Wildman–Crippen MR) is 85.4 cm³/mol. The second kappa shape index (κ2) is 6.83. The second-order valence-electron chi connectivity index (χ2n) is 5.82. The van der Waals surface area contributed by atoms with Crippen molar-refractivity contribution in [2.45, 2.75) is 39.2 Å². The summed E-state index contributed by atoms with van der Waals surface area (Å²) in [5.41, 5.74) is 7.33. The fraction of sp³-hybridized carbons (Fsp3) is 0.333. The lowest BCUT2D eigenvalue weighted by Crippen LogP contribution is -2.30. The van der Waals surface area contributed by atoms with E-state index in [0.717, 1.165) is 17.5 Å². The monoisotopic (exact) mass is 286 g/mol. The molecule has 1 unspecified atom stereocenters. The molecule has 1 atom stereocenters. The van der Waals surface area contributed by atoms with Gasteiger partial charge in [-0.15, -0.1) is 0 Å². The zero-order valence-corrected chi connectivity index (χ0v) is 12.9. The Bertz CT molecular complexity index is 591. The Morgan fingerprint density at radius 2 is 1.76 bits per heavy atom. The molecule has 0 bridgehead atoms. The van der Waals surface area contributed by atoms with Crippen molar-refractivity contribution in [1.82, 2.24) is 5.43 Å². The van der Waals surface area contributed by atoms with Gasteiger partial charge in [0.05, 0.1) is 6.04 Å². The molecule has 3 N–H and O–H groups in total. The predicted octanol–water partition coefficient (Wildman–Crippen LogP) is 4.00. The van der Waals surface area contributed by atoms with Crippen molar-refractivity contribution in [2.75, 3.05) is 0 Å². The summed E-state index contributed by atoms with van der Waals surface area (Å²) >= 11 is 0. The van der Waals surface area contributed by atoms with Gasteiger partial charge in [0.25, 0.3) is 0 Å². The first kappa shape index (κ1) is 15.7. The summed E-state index contributed by atoms with van der Waals surface area (Å²) in [5.74, 6) is 6.01. The first-order chi connectivity index (χ1) is 10.0. The van der Waals surface area contributed by atoms with Crippen LogP contribution < -0.4 is 11.3 Å². The van der Waals surface area contributed by atoms with E-state index in [1.807, 2.05) is 6.92 Å². The molecule has 0 amide bonds. The minimum absolute atomic E-state index is 0.0181. The SMILES string of the molecule is Cc1cc(F)ccc1C(Cc1ccc(C(C)C)cc1)NN. The lowest BCUT2D eigenvalue weighted by molar-refractivity contribution is 0.546. The molecule has 0 aliphatic rings. The van der Waals surface area contributed by atoms with Crippen molar-refractivity contribution < 1.29 is 4.39 Å². The Morgan fingerprint density at radius 3 is 2.29 bits per heavy atom. The quantitative estimate of drug-likeness (QED) is 0.644. The van der Waals surface area contributed by atoms with E-state index in [1.54, 1.807) is 12.1 Å². The van der Waals surface area contributed by atoms with Crippen LogP contribution in [0.4, 0.5) is 4.39 Å². The highest BCUT2D eigenvalue weighted by molar-refractivity contribution is 5.32. The molecule has 3 heteroatoms. The summed E-state index contributed by atoms with van der Waals surface area (Å²) in [7, 11) is 0. The Labute approximate surface area is 126 Å². The summed E-state index contributed by atoms with van der Waals surface area (Å²) in [4.78, 5) is 0. The summed E-state index contributed by atoms with van der Waals surface area (Å²) < 4.78 is 13.2. The first-order valence-corrected chi connectivity index (χ1v) is 7.32. The summed E-state index contributed by atoms with van der Waals surface area (Å²) in [6, 6.07) is 13.4. The molecule has 0 saturated carbocycles. The maximum Gasteiger partial charge on any atom is 0.123 e. The molecule has 2 aromatic carbocycles. The van der Waals surface area contributed by atoms with E-state index in [9.17, 15) is 4.39 Å². The number of rotatable bonds is 5. The van der Waals surface area contributed by atoms with Crippen LogP contribution in [0, 0.1) is 12.7 Å². The number of halogens is 1. The fourth-order valence-corrected chi connectivity index (χ4v) is 2.56. The molecule has 2 nitrogen and oxygen atoms in total. The third-order valence-corrected chi connectivity index (χ3v) is 3.89. The number of aryl methyl sites for hydroxylation is 1. The van der Waals surface area contributed by atoms with E-state index in [2.05, 4.69) is 43.5 Å². The average molecular weight is 286 g/mol. The summed E-state index contributed by atoms with van der Waals surface area (Å²) in [5, 5.41) is 0. The lowest BCUT2D eigenvalue weighted by atomic mass is 9.94. The van der Waals surface area contributed by atoms with Crippen LogP contribution in [0.25, 0.3) is 0 Å². The molecule has 0 radical (unpaired) electrons. The molecule has 112 valence electrons. The number of benzene rings is 2. The smallest absolute Gasteiger partial charge is 0.123 e. The molecule has 0 spiro atoms. The van der Waals surface area contributed by atoms with Crippen LogP contribution in [0.3, 0.4) is 0 Å². The van der Waals surface area contributed by atoms with E-state index < -0.39 is 0 Å². The maximum absolute atomic E-state index is 13.2. The molecule has 2 rings (SSSR count). The van der Waals surface area contributed by atoms with Crippen LogP contribution in [0.15, 0.2) is 42.5 Å². The Hall–Kier alpha value is -1.71. The molecule has 0 aliphatic heterocycles. The van der Waals surface area contributed by atoms with Crippen LogP contribution >= 0.6 is 0 Å². The number of hydrazine groups is 1. The van der Waals surface area contributed by atoms with Gasteiger partial charge in [-0.25, -0.2) is 4.39 Å². The van der Waals surface area contributed by atoms with E-state index in [4.69, 9.17) is 5.84 Å². The van der Waals surface area contributed by atoms with Crippen LogP contribution in [0.5, 0.6) is 0 Å². The molecule has 2 aromatic rings. The molecule has 0 aliphatic carbocycles. The van der Waals surface area contributed by atoms with Gasteiger partial charge < -0.3 is 0 Å². The standard InChI is InChI=1S/C18H23FN2/c1-12(2)15-6-4-14(5-7-15)11-18(21-20)17-9-8-16(19)10-13(17)3/h4-10,12,18,21H,11,20H2,1-3H3. The third-order valence-electron chi connectivity index (χ3n) is 3.89. The second-order valence-corrected chi connectivity index (χ2v) is 5.82. The Morgan fingerprint density at radius 1 is 1.10 bits per heavy atom. The number of nitrogens with one attached hydrogen (secondary N) is 1. The van der Waals surface area contributed by atoms with Crippen molar-refractivity contribution in [2.24, 2.45) is 5.84 Å². The van der Waals surface area contributed by atoms with E-state index in [-0.39, 0.29) is 11.9 Å². The fourth-order valence-electron chi connectivity index (χ4n) is 2.56.